The maximum absolute atomic E-state index is 11.6. The Kier molecular flexibility index (Phi) is 7.49. The van der Waals surface area contributed by atoms with Gasteiger partial charge < -0.3 is 29.1 Å². The van der Waals surface area contributed by atoms with E-state index in [1.54, 1.807) is 0 Å². The van der Waals surface area contributed by atoms with Gasteiger partial charge >= 0.3 is 17.9 Å². The van der Waals surface area contributed by atoms with Crippen LogP contribution in [-0.4, -0.2) is 61.2 Å². The summed E-state index contributed by atoms with van der Waals surface area (Å²) in [5.74, 6) is -3.59. The molecule has 0 aromatic carbocycles. The van der Waals surface area contributed by atoms with Crippen molar-refractivity contribution in [2.75, 3.05) is 6.61 Å². The maximum atomic E-state index is 11.6. The lowest BCUT2D eigenvalue weighted by molar-refractivity contribution is -0.254. The van der Waals surface area contributed by atoms with Crippen molar-refractivity contribution in [3.05, 3.63) is 0 Å². The molecule has 1 fully saturated rings. The van der Waals surface area contributed by atoms with Crippen molar-refractivity contribution in [1.29, 1.82) is 0 Å². The molecular formula is C15H21NO9. The minimum absolute atomic E-state index is 0.331. The lowest BCUT2D eigenvalue weighted by Crippen LogP contribution is -2.63. The molecule has 10 heteroatoms. The van der Waals surface area contributed by atoms with Crippen LogP contribution in [0.15, 0.2) is 0 Å². The Bertz CT molecular complexity index is 547. The smallest absolute Gasteiger partial charge is 0.305 e. The number of carbonyl (C=O) groups is 5. The van der Waals surface area contributed by atoms with Gasteiger partial charge in [-0.3, -0.25) is 19.2 Å². The fourth-order valence-electron chi connectivity index (χ4n) is 2.47. The van der Waals surface area contributed by atoms with Crippen molar-refractivity contribution in [2.24, 2.45) is 5.92 Å². The molecule has 0 aromatic heterocycles. The van der Waals surface area contributed by atoms with Crippen molar-refractivity contribution < 1.29 is 42.9 Å². The Balaban J connectivity index is 3.16. The number of nitrogens with one attached hydrogen (secondary N) is 1. The van der Waals surface area contributed by atoms with Crippen LogP contribution >= 0.6 is 0 Å². The molecule has 0 spiro atoms. The second kappa shape index (κ2) is 9.11. The van der Waals surface area contributed by atoms with E-state index in [4.69, 9.17) is 18.9 Å². The second-order valence-corrected chi connectivity index (χ2v) is 5.47. The van der Waals surface area contributed by atoms with E-state index in [0.29, 0.717) is 6.29 Å². The molecule has 25 heavy (non-hydrogen) atoms. The predicted octanol–water partition coefficient (Wildman–Crippen LogP) is -0.911. The molecule has 0 saturated carbocycles. The average Bonchev–Trinajstić information content (AvgIpc) is 2.46. The summed E-state index contributed by atoms with van der Waals surface area (Å²) in [5.41, 5.74) is 0. The summed E-state index contributed by atoms with van der Waals surface area (Å²) in [6, 6.07) is -1.07. The number of esters is 3. The normalized spacial score (nSPS) is 28.4. The van der Waals surface area contributed by atoms with E-state index in [0.717, 1.165) is 13.8 Å². The zero-order chi connectivity index (χ0) is 19.1. The Morgan fingerprint density at radius 2 is 1.60 bits per heavy atom. The second-order valence-electron chi connectivity index (χ2n) is 5.47. The molecule has 0 radical (unpaired) electrons. The summed E-state index contributed by atoms with van der Waals surface area (Å²) in [7, 11) is 0. The zero-order valence-electron chi connectivity index (χ0n) is 14.3. The Labute approximate surface area is 144 Å². The van der Waals surface area contributed by atoms with Crippen molar-refractivity contribution in [1.82, 2.24) is 5.32 Å². The molecule has 5 atom stereocenters. The Hall–Kier alpha value is -2.49. The lowest BCUT2D eigenvalue weighted by Gasteiger charge is -2.43. The molecule has 0 aromatic rings. The van der Waals surface area contributed by atoms with Gasteiger partial charge in [-0.15, -0.1) is 0 Å². The summed E-state index contributed by atoms with van der Waals surface area (Å²) in [6.45, 7) is 4.31. The van der Waals surface area contributed by atoms with E-state index >= 15 is 0 Å². The average molecular weight is 359 g/mol. The van der Waals surface area contributed by atoms with Crippen LogP contribution in [0.25, 0.3) is 0 Å². The number of carbonyl (C=O) groups excluding carboxylic acids is 5. The van der Waals surface area contributed by atoms with Gasteiger partial charge in [-0.2, -0.15) is 0 Å². The van der Waals surface area contributed by atoms with E-state index < -0.39 is 54.3 Å². The molecule has 0 aliphatic carbocycles. The number of hydrogen-bond donors (Lipinski definition) is 1. The zero-order valence-corrected chi connectivity index (χ0v) is 14.3. The number of ether oxygens (including phenoxy) is 4. The Morgan fingerprint density at radius 3 is 2.04 bits per heavy atom. The highest BCUT2D eigenvalue weighted by Crippen LogP contribution is 2.29. The minimum atomic E-state index is -1.32. The standard InChI is InChI=1S/C15H21NO9/c1-7(18)16-13-11(5-17)14(23-9(3)20)12(6-22-8(2)19)25-15(13)24-10(4)21/h5,11-15H,6H2,1-4H3,(H,16,18)/t11?,12?,13?,14-,15?/m0/s1. The molecule has 1 amide bonds. The van der Waals surface area contributed by atoms with Crippen LogP contribution in [0.1, 0.15) is 27.7 Å². The topological polar surface area (TPSA) is 134 Å². The minimum Gasteiger partial charge on any atom is -0.463 e. The van der Waals surface area contributed by atoms with E-state index in [1.807, 2.05) is 0 Å². The van der Waals surface area contributed by atoms with Crippen LogP contribution in [0.5, 0.6) is 0 Å². The molecule has 1 saturated heterocycles. The Morgan fingerprint density at radius 1 is 1.00 bits per heavy atom. The van der Waals surface area contributed by atoms with E-state index in [1.165, 1.54) is 13.8 Å². The lowest BCUT2D eigenvalue weighted by atomic mass is 9.88. The van der Waals surface area contributed by atoms with E-state index in [-0.39, 0.29) is 6.61 Å². The van der Waals surface area contributed by atoms with Gasteiger partial charge in [0.15, 0.2) is 0 Å². The monoisotopic (exact) mass is 359 g/mol. The molecule has 140 valence electrons. The first-order chi connectivity index (χ1) is 11.6. The van der Waals surface area contributed by atoms with Gasteiger partial charge in [0, 0.05) is 27.7 Å². The van der Waals surface area contributed by atoms with Crippen molar-refractivity contribution in [2.45, 2.75) is 52.2 Å². The first kappa shape index (κ1) is 20.6. The van der Waals surface area contributed by atoms with Gasteiger partial charge in [0.25, 0.3) is 0 Å². The van der Waals surface area contributed by atoms with Crippen molar-refractivity contribution in [3.63, 3.8) is 0 Å². The van der Waals surface area contributed by atoms with Gasteiger partial charge in [-0.05, 0) is 0 Å². The molecule has 0 bridgehead atoms. The molecule has 10 nitrogen and oxygen atoms in total. The van der Waals surface area contributed by atoms with E-state index in [9.17, 15) is 24.0 Å². The highest BCUT2D eigenvalue weighted by atomic mass is 16.7. The highest BCUT2D eigenvalue weighted by Gasteiger charge is 2.50. The summed E-state index contributed by atoms with van der Waals surface area (Å²) in [6.07, 6.45) is -3.05. The van der Waals surface area contributed by atoms with Gasteiger partial charge in [0.1, 0.15) is 31.1 Å². The van der Waals surface area contributed by atoms with Crippen molar-refractivity contribution in [3.8, 4) is 0 Å². The SMILES string of the molecule is CC(=O)NC1C(OC(C)=O)OC(COC(C)=O)[C@@H](OC(C)=O)C1C=O. The van der Waals surface area contributed by atoms with E-state index in [2.05, 4.69) is 5.32 Å². The van der Waals surface area contributed by atoms with Crippen LogP contribution < -0.4 is 5.32 Å². The fraction of sp³-hybridized carbons (Fsp3) is 0.667. The molecular weight excluding hydrogens is 338 g/mol. The molecule has 1 aliphatic heterocycles. The third-order valence-electron chi connectivity index (χ3n) is 3.32. The molecule has 4 unspecified atom stereocenters. The third kappa shape index (κ3) is 6.14. The summed E-state index contributed by atoms with van der Waals surface area (Å²) in [5, 5.41) is 2.46. The quantitative estimate of drug-likeness (QED) is 0.363. The predicted molar refractivity (Wildman–Crippen MR) is 79.8 cm³/mol. The first-order valence-electron chi connectivity index (χ1n) is 7.51. The fourth-order valence-corrected chi connectivity index (χ4v) is 2.47. The van der Waals surface area contributed by atoms with Crippen molar-refractivity contribution >= 4 is 30.1 Å². The molecule has 1 aliphatic rings. The van der Waals surface area contributed by atoms with Crippen LogP contribution in [0.4, 0.5) is 0 Å². The van der Waals surface area contributed by atoms with Gasteiger partial charge in [-0.25, -0.2) is 0 Å². The van der Waals surface area contributed by atoms with Gasteiger partial charge in [0.05, 0.1) is 5.92 Å². The third-order valence-corrected chi connectivity index (χ3v) is 3.32. The van der Waals surface area contributed by atoms with Crippen LogP contribution in [0, 0.1) is 5.92 Å². The molecule has 1 rings (SSSR count). The number of rotatable bonds is 6. The molecule has 1 N–H and O–H groups in total. The van der Waals surface area contributed by atoms with Crippen LogP contribution in [-0.2, 0) is 42.9 Å². The number of amides is 1. The summed E-state index contributed by atoms with van der Waals surface area (Å²) >= 11 is 0. The highest BCUT2D eigenvalue weighted by molar-refractivity contribution is 5.74. The largest absolute Gasteiger partial charge is 0.463 e. The summed E-state index contributed by atoms with van der Waals surface area (Å²) in [4.78, 5) is 56.7. The maximum Gasteiger partial charge on any atom is 0.305 e. The molecule has 1 heterocycles. The van der Waals surface area contributed by atoms with Crippen LogP contribution in [0.3, 0.4) is 0 Å². The first-order valence-corrected chi connectivity index (χ1v) is 7.51. The number of hydrogen-bond acceptors (Lipinski definition) is 9. The number of aldehydes is 1. The summed E-state index contributed by atoms with van der Waals surface area (Å²) < 4.78 is 20.5. The van der Waals surface area contributed by atoms with Crippen LogP contribution in [0.2, 0.25) is 0 Å². The van der Waals surface area contributed by atoms with Gasteiger partial charge in [-0.1, -0.05) is 0 Å². The van der Waals surface area contributed by atoms with Gasteiger partial charge in [0.2, 0.25) is 12.2 Å².